The number of carboxylic acid groups (broad SMARTS) is 1. The van der Waals surface area contributed by atoms with Crippen LogP contribution in [-0.2, 0) is 11.2 Å². The van der Waals surface area contributed by atoms with E-state index in [2.05, 4.69) is 79.7 Å². The molecule has 0 aliphatic heterocycles. The van der Waals surface area contributed by atoms with Gasteiger partial charge in [-0.1, -0.05) is 90.5 Å². The third kappa shape index (κ3) is 7.44. The van der Waals surface area contributed by atoms with Gasteiger partial charge in [-0.3, -0.25) is 4.79 Å². The molecule has 0 amide bonds. The van der Waals surface area contributed by atoms with Crippen LogP contribution in [0.15, 0.2) is 84.9 Å². The highest BCUT2D eigenvalue weighted by molar-refractivity contribution is 7.99. The standard InChI is InChI=1S/C35H34ClNO2S/c1-2-6-26-8-3-4-9-27(26)14-18-33(40-24-35(19-20-35)23-34(38)39)29-10-5-7-25(21-29)11-16-31-17-13-28-12-15-30(36)22-32(28)37-31/h2-13,15-17,21-22,33H,14,18-20,23-24H2,1H3,(H,38,39)/t33-/m1/s1. The van der Waals surface area contributed by atoms with Gasteiger partial charge in [-0.2, -0.15) is 11.8 Å². The number of carbonyl (C=O) groups is 1. The fourth-order valence-electron chi connectivity index (χ4n) is 5.13. The number of aromatic nitrogens is 1. The number of halogens is 1. The van der Waals surface area contributed by atoms with Crippen molar-refractivity contribution < 1.29 is 9.90 Å². The molecule has 1 N–H and O–H groups in total. The van der Waals surface area contributed by atoms with Crippen LogP contribution in [0.3, 0.4) is 0 Å². The van der Waals surface area contributed by atoms with E-state index in [1.807, 2.05) is 42.1 Å². The van der Waals surface area contributed by atoms with Crippen molar-refractivity contribution in [2.45, 2.75) is 44.3 Å². The highest BCUT2D eigenvalue weighted by Gasteiger charge is 2.44. The lowest BCUT2D eigenvalue weighted by Crippen LogP contribution is -2.12. The minimum atomic E-state index is -0.688. The predicted molar refractivity (Wildman–Crippen MR) is 171 cm³/mol. The van der Waals surface area contributed by atoms with Gasteiger partial charge >= 0.3 is 5.97 Å². The van der Waals surface area contributed by atoms with Crippen molar-refractivity contribution in [3.63, 3.8) is 0 Å². The summed E-state index contributed by atoms with van der Waals surface area (Å²) >= 11 is 8.09. The molecule has 0 saturated heterocycles. The number of allylic oxidation sites excluding steroid dienone is 1. The number of pyridine rings is 1. The molecule has 1 atom stereocenters. The molecule has 5 rings (SSSR count). The lowest BCUT2D eigenvalue weighted by atomic mass is 9.98. The number of aliphatic carboxylic acids is 1. The van der Waals surface area contributed by atoms with Crippen molar-refractivity contribution in [1.82, 2.24) is 4.98 Å². The maximum absolute atomic E-state index is 11.5. The number of benzene rings is 3. The van der Waals surface area contributed by atoms with Crippen molar-refractivity contribution >= 4 is 58.5 Å². The van der Waals surface area contributed by atoms with Gasteiger partial charge in [0.25, 0.3) is 0 Å². The molecule has 1 saturated carbocycles. The van der Waals surface area contributed by atoms with E-state index in [1.165, 1.54) is 16.7 Å². The summed E-state index contributed by atoms with van der Waals surface area (Å²) in [7, 11) is 0. The third-order valence-corrected chi connectivity index (χ3v) is 9.48. The van der Waals surface area contributed by atoms with E-state index in [0.29, 0.717) is 5.02 Å². The first-order valence-corrected chi connectivity index (χ1v) is 15.2. The van der Waals surface area contributed by atoms with Crippen molar-refractivity contribution in [2.24, 2.45) is 5.41 Å². The molecule has 3 aromatic carbocycles. The lowest BCUT2D eigenvalue weighted by molar-refractivity contribution is -0.138. The van der Waals surface area contributed by atoms with E-state index >= 15 is 0 Å². The molecule has 3 nitrogen and oxygen atoms in total. The number of hydrogen-bond donors (Lipinski definition) is 1. The monoisotopic (exact) mass is 567 g/mol. The summed E-state index contributed by atoms with van der Waals surface area (Å²) in [5.74, 6) is 0.191. The zero-order chi connectivity index (χ0) is 28.0. The molecule has 40 heavy (non-hydrogen) atoms. The van der Waals surface area contributed by atoms with E-state index < -0.39 is 5.97 Å². The van der Waals surface area contributed by atoms with Gasteiger partial charge < -0.3 is 5.11 Å². The van der Waals surface area contributed by atoms with Crippen LogP contribution in [0.4, 0.5) is 0 Å². The fraction of sp³-hybridized carbons (Fsp3) is 0.257. The van der Waals surface area contributed by atoms with Gasteiger partial charge in [0.2, 0.25) is 0 Å². The smallest absolute Gasteiger partial charge is 0.303 e. The van der Waals surface area contributed by atoms with E-state index in [4.69, 9.17) is 16.6 Å². The minimum Gasteiger partial charge on any atom is -0.481 e. The quantitative estimate of drug-likeness (QED) is 0.185. The Morgan fingerprint density at radius 1 is 1.02 bits per heavy atom. The number of fused-ring (bicyclic) bond motifs is 1. The Kier molecular flexibility index (Phi) is 9.08. The second-order valence-electron chi connectivity index (χ2n) is 10.7. The van der Waals surface area contributed by atoms with Crippen LogP contribution in [0.5, 0.6) is 0 Å². The van der Waals surface area contributed by atoms with Crippen LogP contribution in [0.2, 0.25) is 5.02 Å². The fourth-order valence-corrected chi connectivity index (χ4v) is 6.86. The van der Waals surface area contributed by atoms with Gasteiger partial charge in [-0.15, -0.1) is 0 Å². The molecule has 1 aliphatic rings. The predicted octanol–water partition coefficient (Wildman–Crippen LogP) is 9.75. The van der Waals surface area contributed by atoms with Gasteiger partial charge in [-0.05, 0) is 84.6 Å². The first-order valence-electron chi connectivity index (χ1n) is 13.8. The van der Waals surface area contributed by atoms with Gasteiger partial charge in [0.05, 0.1) is 17.6 Å². The van der Waals surface area contributed by atoms with Crippen LogP contribution in [0, 0.1) is 5.41 Å². The summed E-state index contributed by atoms with van der Waals surface area (Å²) in [6.45, 7) is 2.05. The van der Waals surface area contributed by atoms with Crippen LogP contribution >= 0.6 is 23.4 Å². The molecule has 5 heteroatoms. The molecular weight excluding hydrogens is 534 g/mol. The largest absolute Gasteiger partial charge is 0.481 e. The maximum Gasteiger partial charge on any atom is 0.303 e. The molecule has 0 bridgehead atoms. The minimum absolute atomic E-state index is 0.0419. The summed E-state index contributed by atoms with van der Waals surface area (Å²) in [6, 6.07) is 27.1. The molecule has 204 valence electrons. The Labute approximate surface area is 246 Å². The number of aryl methyl sites for hydroxylation is 1. The number of nitrogens with zero attached hydrogens (tertiary/aromatic N) is 1. The van der Waals surface area contributed by atoms with Crippen molar-refractivity contribution in [1.29, 1.82) is 0 Å². The van der Waals surface area contributed by atoms with Crippen LogP contribution in [0.1, 0.15) is 65.8 Å². The lowest BCUT2D eigenvalue weighted by Gasteiger charge is -2.21. The van der Waals surface area contributed by atoms with Crippen LogP contribution < -0.4 is 0 Å². The third-order valence-electron chi connectivity index (χ3n) is 7.56. The van der Waals surface area contributed by atoms with E-state index in [1.54, 1.807) is 0 Å². The highest BCUT2D eigenvalue weighted by atomic mass is 35.5. The maximum atomic E-state index is 11.5. The summed E-state index contributed by atoms with van der Waals surface area (Å²) in [4.78, 5) is 16.2. The number of hydrogen-bond acceptors (Lipinski definition) is 3. The van der Waals surface area contributed by atoms with Crippen molar-refractivity contribution in [2.75, 3.05) is 5.75 Å². The molecule has 1 aromatic heterocycles. The molecule has 0 unspecified atom stereocenters. The Morgan fingerprint density at radius 2 is 1.85 bits per heavy atom. The molecule has 1 aliphatic carbocycles. The first kappa shape index (κ1) is 28.2. The summed E-state index contributed by atoms with van der Waals surface area (Å²) in [5.41, 5.74) is 6.73. The second kappa shape index (κ2) is 12.9. The average Bonchev–Trinajstić information content (AvgIpc) is 3.71. The Bertz CT molecular complexity index is 1560. The number of thioether (sulfide) groups is 1. The molecule has 1 fully saturated rings. The SMILES string of the molecule is CC=Cc1ccccc1CC[C@@H](SCC1(CC(=O)O)CC1)c1cccc(C=Cc2ccc3ccc(Cl)cc3n2)c1. The molecular formula is C35H34ClNO2S. The number of carboxylic acids is 1. The number of rotatable bonds is 12. The van der Waals surface area contributed by atoms with Crippen molar-refractivity contribution in [3.8, 4) is 0 Å². The average molecular weight is 568 g/mol. The molecule has 4 aromatic rings. The topological polar surface area (TPSA) is 50.2 Å². The van der Waals surface area contributed by atoms with Gasteiger partial charge in [0.15, 0.2) is 0 Å². The van der Waals surface area contributed by atoms with Crippen LogP contribution in [-0.4, -0.2) is 21.8 Å². The van der Waals surface area contributed by atoms with E-state index in [0.717, 1.165) is 53.6 Å². The summed E-state index contributed by atoms with van der Waals surface area (Å²) in [5, 5.41) is 11.5. The Morgan fingerprint density at radius 3 is 2.65 bits per heavy atom. The summed E-state index contributed by atoms with van der Waals surface area (Å²) < 4.78 is 0. The molecule has 1 heterocycles. The van der Waals surface area contributed by atoms with E-state index in [-0.39, 0.29) is 17.1 Å². The van der Waals surface area contributed by atoms with Gasteiger partial charge in [0, 0.05) is 21.4 Å². The van der Waals surface area contributed by atoms with Crippen LogP contribution in [0.25, 0.3) is 29.1 Å². The zero-order valence-electron chi connectivity index (χ0n) is 22.7. The van der Waals surface area contributed by atoms with E-state index in [9.17, 15) is 9.90 Å². The Balaban J connectivity index is 1.36. The van der Waals surface area contributed by atoms with Gasteiger partial charge in [-0.25, -0.2) is 4.98 Å². The second-order valence-corrected chi connectivity index (χ2v) is 12.3. The summed E-state index contributed by atoms with van der Waals surface area (Å²) in [6.07, 6.45) is 12.6. The molecule has 0 radical (unpaired) electrons. The zero-order valence-corrected chi connectivity index (χ0v) is 24.3. The normalized spacial score (nSPS) is 15.2. The van der Waals surface area contributed by atoms with Gasteiger partial charge in [0.1, 0.15) is 0 Å². The first-order chi connectivity index (χ1) is 19.4. The van der Waals surface area contributed by atoms with Crippen molar-refractivity contribution in [3.05, 3.63) is 118 Å². The Hall–Kier alpha value is -3.34. The molecule has 0 spiro atoms. The highest BCUT2D eigenvalue weighted by Crippen LogP contribution is 2.53.